The zero-order valence-electron chi connectivity index (χ0n) is 12.6. The molecule has 1 N–H and O–H groups in total. The van der Waals surface area contributed by atoms with E-state index in [4.69, 9.17) is 23.2 Å². The molecular formula is C19H14Cl2O3. The van der Waals surface area contributed by atoms with Crippen molar-refractivity contribution >= 4 is 46.9 Å². The highest BCUT2D eigenvalue weighted by molar-refractivity contribution is 6.34. The van der Waals surface area contributed by atoms with E-state index in [1.165, 1.54) is 24.3 Å². The SMILES string of the molecule is O=C(/C=C/c1ccc(O)cc1)CC(=O)/C=C/c1cc(Cl)cc(Cl)c1. The van der Waals surface area contributed by atoms with Crippen LogP contribution in [-0.2, 0) is 9.59 Å². The maximum atomic E-state index is 11.8. The van der Waals surface area contributed by atoms with E-state index < -0.39 is 0 Å². The molecule has 0 aliphatic carbocycles. The molecule has 3 nitrogen and oxygen atoms in total. The van der Waals surface area contributed by atoms with Gasteiger partial charge >= 0.3 is 0 Å². The molecule has 0 saturated heterocycles. The average molecular weight is 361 g/mol. The Morgan fingerprint density at radius 2 is 1.33 bits per heavy atom. The molecular weight excluding hydrogens is 347 g/mol. The summed E-state index contributed by atoms with van der Waals surface area (Å²) in [6, 6.07) is 11.3. The van der Waals surface area contributed by atoms with Crippen molar-refractivity contribution in [1.82, 2.24) is 0 Å². The standard InChI is InChI=1S/C19H14Cl2O3/c20-15-9-14(10-16(21)11-15)4-8-19(24)12-18(23)7-3-13-1-5-17(22)6-2-13/h1-11,22H,12H2/b7-3+,8-4+. The summed E-state index contributed by atoms with van der Waals surface area (Å²) in [5.41, 5.74) is 1.45. The van der Waals surface area contributed by atoms with Crippen molar-refractivity contribution in [3.05, 3.63) is 75.8 Å². The first-order valence-electron chi connectivity index (χ1n) is 7.09. The zero-order chi connectivity index (χ0) is 17.5. The van der Waals surface area contributed by atoms with Crippen LogP contribution in [0.25, 0.3) is 12.2 Å². The van der Waals surface area contributed by atoms with Gasteiger partial charge in [0.05, 0.1) is 6.42 Å². The number of halogens is 2. The molecule has 0 unspecified atom stereocenters. The number of hydrogen-bond acceptors (Lipinski definition) is 3. The summed E-state index contributed by atoms with van der Waals surface area (Å²) in [5.74, 6) is -0.465. The Labute approximate surface area is 149 Å². The summed E-state index contributed by atoms with van der Waals surface area (Å²) in [5, 5.41) is 10.1. The second kappa shape index (κ2) is 8.48. The lowest BCUT2D eigenvalue weighted by Gasteiger charge is -1.97. The van der Waals surface area contributed by atoms with Crippen LogP contribution in [0, 0.1) is 0 Å². The van der Waals surface area contributed by atoms with Gasteiger partial charge in [-0.25, -0.2) is 0 Å². The summed E-state index contributed by atoms with van der Waals surface area (Å²) >= 11 is 11.8. The second-order valence-electron chi connectivity index (χ2n) is 5.07. The van der Waals surface area contributed by atoms with Crippen LogP contribution in [-0.4, -0.2) is 16.7 Å². The quantitative estimate of drug-likeness (QED) is 0.585. The molecule has 0 heterocycles. The van der Waals surface area contributed by atoms with Gasteiger partial charge in [0, 0.05) is 10.0 Å². The predicted molar refractivity (Wildman–Crippen MR) is 97.3 cm³/mol. The van der Waals surface area contributed by atoms with Crippen LogP contribution in [0.3, 0.4) is 0 Å². The second-order valence-corrected chi connectivity index (χ2v) is 5.94. The smallest absolute Gasteiger partial charge is 0.163 e. The number of benzene rings is 2. The molecule has 2 aromatic carbocycles. The van der Waals surface area contributed by atoms with Crippen LogP contribution in [0.1, 0.15) is 17.5 Å². The fraction of sp³-hybridized carbons (Fsp3) is 0.0526. The molecule has 0 aliphatic heterocycles. The highest BCUT2D eigenvalue weighted by Crippen LogP contribution is 2.20. The average Bonchev–Trinajstić information content (AvgIpc) is 2.51. The molecule has 0 saturated carbocycles. The number of rotatable bonds is 6. The third kappa shape index (κ3) is 6.03. The van der Waals surface area contributed by atoms with Crippen molar-refractivity contribution in [3.63, 3.8) is 0 Å². The van der Waals surface area contributed by atoms with E-state index in [2.05, 4.69) is 0 Å². The van der Waals surface area contributed by atoms with E-state index in [0.717, 1.165) is 5.56 Å². The molecule has 2 rings (SSSR count). The zero-order valence-corrected chi connectivity index (χ0v) is 14.1. The first kappa shape index (κ1) is 18.0. The summed E-state index contributed by atoms with van der Waals surface area (Å²) in [6.07, 6.45) is 5.61. The first-order valence-corrected chi connectivity index (χ1v) is 7.85. The summed E-state index contributed by atoms with van der Waals surface area (Å²) in [4.78, 5) is 23.6. The van der Waals surface area contributed by atoms with Gasteiger partial charge in [-0.15, -0.1) is 0 Å². The van der Waals surface area contributed by atoms with Gasteiger partial charge in [0.15, 0.2) is 11.6 Å². The Morgan fingerprint density at radius 1 is 0.833 bits per heavy atom. The summed E-state index contributed by atoms with van der Waals surface area (Å²) < 4.78 is 0. The van der Waals surface area contributed by atoms with Gasteiger partial charge in [-0.1, -0.05) is 47.5 Å². The first-order chi connectivity index (χ1) is 11.4. The van der Waals surface area contributed by atoms with Crippen molar-refractivity contribution in [3.8, 4) is 5.75 Å². The number of ketones is 2. The Morgan fingerprint density at radius 3 is 1.88 bits per heavy atom. The molecule has 0 spiro atoms. The van der Waals surface area contributed by atoms with Gasteiger partial charge in [-0.3, -0.25) is 9.59 Å². The van der Waals surface area contributed by atoms with E-state index in [9.17, 15) is 14.7 Å². The van der Waals surface area contributed by atoms with Gasteiger partial charge in [0.2, 0.25) is 0 Å². The van der Waals surface area contributed by atoms with Gasteiger partial charge in [0.25, 0.3) is 0 Å². The third-order valence-electron chi connectivity index (χ3n) is 3.05. The number of carbonyl (C=O) groups excluding carboxylic acids is 2. The minimum Gasteiger partial charge on any atom is -0.508 e. The van der Waals surface area contributed by atoms with Crippen LogP contribution in [0.2, 0.25) is 10.0 Å². The number of hydrogen-bond donors (Lipinski definition) is 1. The van der Waals surface area contributed by atoms with Crippen LogP contribution >= 0.6 is 23.2 Å². The third-order valence-corrected chi connectivity index (χ3v) is 3.49. The molecule has 122 valence electrons. The molecule has 24 heavy (non-hydrogen) atoms. The minimum atomic E-state index is -0.313. The van der Waals surface area contributed by atoms with Crippen molar-refractivity contribution in [2.24, 2.45) is 0 Å². The van der Waals surface area contributed by atoms with E-state index >= 15 is 0 Å². The highest BCUT2D eigenvalue weighted by atomic mass is 35.5. The Balaban J connectivity index is 1.92. The Kier molecular flexibility index (Phi) is 6.36. The molecule has 0 radical (unpaired) electrons. The monoisotopic (exact) mass is 360 g/mol. The van der Waals surface area contributed by atoms with Crippen molar-refractivity contribution < 1.29 is 14.7 Å². The van der Waals surface area contributed by atoms with Gasteiger partial charge < -0.3 is 5.11 Å². The molecule has 2 aromatic rings. The number of phenolic OH excluding ortho intramolecular Hbond substituents is 1. The fourth-order valence-electron chi connectivity index (χ4n) is 1.92. The van der Waals surface area contributed by atoms with Crippen molar-refractivity contribution in [2.75, 3.05) is 0 Å². The van der Waals surface area contributed by atoms with E-state index in [1.807, 2.05) is 0 Å². The number of aromatic hydroxyl groups is 1. The van der Waals surface area contributed by atoms with E-state index in [0.29, 0.717) is 15.6 Å². The number of phenols is 1. The molecule has 0 amide bonds. The highest BCUT2D eigenvalue weighted by Gasteiger charge is 2.04. The number of allylic oxidation sites excluding steroid dienone is 2. The van der Waals surface area contributed by atoms with E-state index in [-0.39, 0.29) is 23.7 Å². The maximum absolute atomic E-state index is 11.8. The van der Waals surface area contributed by atoms with Gasteiger partial charge in [-0.2, -0.15) is 0 Å². The lowest BCUT2D eigenvalue weighted by molar-refractivity contribution is -0.121. The molecule has 0 aliphatic rings. The number of carbonyl (C=O) groups is 2. The van der Waals surface area contributed by atoms with Crippen molar-refractivity contribution in [2.45, 2.75) is 6.42 Å². The Hall–Kier alpha value is -2.36. The largest absolute Gasteiger partial charge is 0.508 e. The lowest BCUT2D eigenvalue weighted by atomic mass is 10.1. The summed E-state index contributed by atoms with van der Waals surface area (Å²) in [6.45, 7) is 0. The fourth-order valence-corrected chi connectivity index (χ4v) is 2.47. The van der Waals surface area contributed by atoms with Crippen LogP contribution < -0.4 is 0 Å². The van der Waals surface area contributed by atoms with Crippen LogP contribution in [0.5, 0.6) is 5.75 Å². The molecule has 5 heteroatoms. The van der Waals surface area contributed by atoms with E-state index in [1.54, 1.807) is 42.5 Å². The lowest BCUT2D eigenvalue weighted by Crippen LogP contribution is -2.01. The molecule has 0 fully saturated rings. The van der Waals surface area contributed by atoms with Crippen molar-refractivity contribution in [1.29, 1.82) is 0 Å². The Bertz CT molecular complexity index is 786. The molecule has 0 bridgehead atoms. The topological polar surface area (TPSA) is 54.4 Å². The van der Waals surface area contributed by atoms with Gasteiger partial charge in [0.1, 0.15) is 5.75 Å². The van der Waals surface area contributed by atoms with Crippen LogP contribution in [0.15, 0.2) is 54.6 Å². The van der Waals surface area contributed by atoms with Crippen LogP contribution in [0.4, 0.5) is 0 Å². The predicted octanol–water partition coefficient (Wildman–Crippen LogP) is 4.95. The maximum Gasteiger partial charge on any atom is 0.163 e. The van der Waals surface area contributed by atoms with Gasteiger partial charge in [-0.05, 0) is 53.6 Å². The normalized spacial score (nSPS) is 11.2. The molecule has 0 atom stereocenters. The minimum absolute atomic E-state index is 0.153. The molecule has 0 aromatic heterocycles. The summed E-state index contributed by atoms with van der Waals surface area (Å²) in [7, 11) is 0.